The van der Waals surface area contributed by atoms with Crippen molar-refractivity contribution in [3.8, 4) is 0 Å². The summed E-state index contributed by atoms with van der Waals surface area (Å²) in [6, 6.07) is -0.190. The lowest BCUT2D eigenvalue weighted by molar-refractivity contribution is -0.137. The molecule has 0 atom stereocenters. The van der Waals surface area contributed by atoms with E-state index in [0.717, 1.165) is 0 Å². The Kier molecular flexibility index (Phi) is 4.61. The Morgan fingerprint density at radius 3 is 1.71 bits per heavy atom. The maximum absolute atomic E-state index is 11.4. The molecule has 7 heteroatoms. The van der Waals surface area contributed by atoms with Crippen LogP contribution in [-0.2, 0) is 9.53 Å². The first-order chi connectivity index (χ1) is 8.15. The van der Waals surface area contributed by atoms with Crippen molar-refractivity contribution < 1.29 is 14.3 Å². The first-order valence-electron chi connectivity index (χ1n) is 4.70. The molecule has 0 amide bonds. The molecule has 0 aliphatic heterocycles. The van der Waals surface area contributed by atoms with Gasteiger partial charge in [0.1, 0.15) is 12.7 Å². The monoisotopic (exact) mass is 236 g/mol. The SMILES string of the molecule is COC(C)=O.O=C(n1ccnc1)n1ccnc1. The number of carbonyl (C=O) groups is 2. The van der Waals surface area contributed by atoms with E-state index in [1.807, 2.05) is 0 Å². The van der Waals surface area contributed by atoms with Crippen LogP contribution in [0.25, 0.3) is 0 Å². The molecule has 0 saturated heterocycles. The van der Waals surface area contributed by atoms with Crippen molar-refractivity contribution in [1.29, 1.82) is 0 Å². The number of hydrogen-bond acceptors (Lipinski definition) is 5. The Morgan fingerprint density at radius 2 is 1.47 bits per heavy atom. The van der Waals surface area contributed by atoms with Gasteiger partial charge in [0.05, 0.1) is 7.11 Å². The van der Waals surface area contributed by atoms with Crippen LogP contribution in [0.15, 0.2) is 37.4 Å². The zero-order valence-corrected chi connectivity index (χ0v) is 9.48. The van der Waals surface area contributed by atoms with Crippen LogP contribution < -0.4 is 0 Å². The van der Waals surface area contributed by atoms with Gasteiger partial charge in [-0.15, -0.1) is 0 Å². The fourth-order valence-corrected chi connectivity index (χ4v) is 0.878. The number of imidazole rings is 2. The Hall–Kier alpha value is -2.44. The molecule has 0 aromatic carbocycles. The molecule has 0 unspecified atom stereocenters. The number of ether oxygens (including phenoxy) is 1. The molecular formula is C10H12N4O3. The van der Waals surface area contributed by atoms with Crippen LogP contribution in [0.3, 0.4) is 0 Å². The highest BCUT2D eigenvalue weighted by Crippen LogP contribution is 1.91. The molecule has 0 aliphatic carbocycles. The predicted octanol–water partition coefficient (Wildman–Crippen LogP) is 0.775. The van der Waals surface area contributed by atoms with Crippen molar-refractivity contribution in [1.82, 2.24) is 19.1 Å². The van der Waals surface area contributed by atoms with Crippen LogP contribution in [0.5, 0.6) is 0 Å². The lowest BCUT2D eigenvalue weighted by Crippen LogP contribution is -2.15. The lowest BCUT2D eigenvalue weighted by Gasteiger charge is -1.98. The fourth-order valence-electron chi connectivity index (χ4n) is 0.878. The van der Waals surface area contributed by atoms with Crippen LogP contribution >= 0.6 is 0 Å². The fraction of sp³-hybridized carbons (Fsp3) is 0.200. The van der Waals surface area contributed by atoms with Crippen LogP contribution in [0.4, 0.5) is 4.79 Å². The smallest absolute Gasteiger partial charge is 0.338 e. The van der Waals surface area contributed by atoms with E-state index >= 15 is 0 Å². The molecule has 0 bridgehead atoms. The summed E-state index contributed by atoms with van der Waals surface area (Å²) < 4.78 is 6.86. The van der Waals surface area contributed by atoms with Crippen molar-refractivity contribution in [2.24, 2.45) is 0 Å². The number of hydrogen-bond donors (Lipinski definition) is 0. The highest BCUT2D eigenvalue weighted by Gasteiger charge is 2.03. The van der Waals surface area contributed by atoms with Crippen LogP contribution in [0, 0.1) is 0 Å². The van der Waals surface area contributed by atoms with E-state index in [9.17, 15) is 9.59 Å². The Labute approximate surface area is 97.7 Å². The highest BCUT2D eigenvalue weighted by atomic mass is 16.5. The summed E-state index contributed by atoms with van der Waals surface area (Å²) in [6.45, 7) is 1.36. The zero-order valence-electron chi connectivity index (χ0n) is 9.48. The molecule has 0 fully saturated rings. The molecule has 2 heterocycles. The molecule has 0 saturated carbocycles. The van der Waals surface area contributed by atoms with Crippen molar-refractivity contribution in [3.05, 3.63) is 37.4 Å². The lowest BCUT2D eigenvalue weighted by atomic mass is 10.8. The molecule has 2 aromatic rings. The van der Waals surface area contributed by atoms with Crippen LogP contribution in [0.1, 0.15) is 6.92 Å². The Bertz CT molecular complexity index is 425. The third kappa shape index (κ3) is 3.90. The van der Waals surface area contributed by atoms with Crippen molar-refractivity contribution >= 4 is 12.0 Å². The molecule has 0 N–H and O–H groups in total. The maximum Gasteiger partial charge on any atom is 0.338 e. The van der Waals surface area contributed by atoms with Gasteiger partial charge in [-0.05, 0) is 0 Å². The zero-order chi connectivity index (χ0) is 12.7. The van der Waals surface area contributed by atoms with E-state index < -0.39 is 0 Å². The number of carbonyl (C=O) groups excluding carboxylic acids is 2. The van der Waals surface area contributed by atoms with E-state index in [4.69, 9.17) is 0 Å². The summed E-state index contributed by atoms with van der Waals surface area (Å²) in [4.78, 5) is 28.5. The highest BCUT2D eigenvalue weighted by molar-refractivity contribution is 5.78. The van der Waals surface area contributed by atoms with Gasteiger partial charge in [-0.3, -0.25) is 13.9 Å². The van der Waals surface area contributed by atoms with Gasteiger partial charge in [-0.25, -0.2) is 14.8 Å². The normalized spacial score (nSPS) is 9.06. The van der Waals surface area contributed by atoms with E-state index in [2.05, 4.69) is 14.7 Å². The molecule has 90 valence electrons. The van der Waals surface area contributed by atoms with Gasteiger partial charge in [-0.1, -0.05) is 0 Å². The van der Waals surface area contributed by atoms with Crippen LogP contribution in [-0.4, -0.2) is 38.2 Å². The average Bonchev–Trinajstić information content (AvgIpc) is 3.01. The summed E-state index contributed by atoms with van der Waals surface area (Å²) in [6.07, 6.45) is 9.17. The molecule has 0 spiro atoms. The third-order valence-corrected chi connectivity index (χ3v) is 1.74. The van der Waals surface area contributed by atoms with Crippen LogP contribution in [0.2, 0.25) is 0 Å². The summed E-state index contributed by atoms with van der Waals surface area (Å²) in [5.41, 5.74) is 0. The second-order valence-electron chi connectivity index (χ2n) is 2.92. The molecule has 2 rings (SSSR count). The summed E-state index contributed by atoms with van der Waals surface area (Å²) in [5, 5.41) is 0. The largest absolute Gasteiger partial charge is 0.469 e. The molecule has 7 nitrogen and oxygen atoms in total. The molecule has 0 aliphatic rings. The average molecular weight is 236 g/mol. The minimum atomic E-state index is -0.245. The van der Waals surface area contributed by atoms with Crippen molar-refractivity contribution in [3.63, 3.8) is 0 Å². The van der Waals surface area contributed by atoms with Gasteiger partial charge >= 0.3 is 12.0 Å². The first kappa shape index (κ1) is 12.6. The predicted molar refractivity (Wildman–Crippen MR) is 58.3 cm³/mol. The third-order valence-electron chi connectivity index (χ3n) is 1.74. The standard InChI is InChI=1S/C7H6N4O.C3H6O2/c12-7(10-3-1-8-5-10)11-4-2-9-6-11;1-3(4)5-2/h1-6H;1-2H3. The number of esters is 1. The molecular weight excluding hydrogens is 224 g/mol. The topological polar surface area (TPSA) is 79.0 Å². The maximum atomic E-state index is 11.4. The summed E-state index contributed by atoms with van der Waals surface area (Å²) >= 11 is 0. The second-order valence-corrected chi connectivity index (χ2v) is 2.92. The summed E-state index contributed by atoms with van der Waals surface area (Å²) in [7, 11) is 1.35. The molecule has 2 aromatic heterocycles. The van der Waals surface area contributed by atoms with Crippen molar-refractivity contribution in [2.45, 2.75) is 6.92 Å². The van der Waals surface area contributed by atoms with Gasteiger partial charge < -0.3 is 4.74 Å². The number of aromatic nitrogens is 4. The minimum absolute atomic E-state index is 0.190. The second kappa shape index (κ2) is 6.21. The first-order valence-corrected chi connectivity index (χ1v) is 4.70. The van der Waals surface area contributed by atoms with Gasteiger partial charge in [0.2, 0.25) is 0 Å². The quantitative estimate of drug-likeness (QED) is 0.631. The van der Waals surface area contributed by atoms with E-state index in [1.165, 1.54) is 35.8 Å². The number of nitrogens with zero attached hydrogens (tertiary/aromatic N) is 4. The van der Waals surface area contributed by atoms with E-state index in [-0.39, 0.29) is 12.0 Å². The Balaban J connectivity index is 0.000000249. The van der Waals surface area contributed by atoms with Gasteiger partial charge in [0.15, 0.2) is 0 Å². The van der Waals surface area contributed by atoms with Gasteiger partial charge in [0.25, 0.3) is 0 Å². The van der Waals surface area contributed by atoms with E-state index in [0.29, 0.717) is 0 Å². The minimum Gasteiger partial charge on any atom is -0.469 e. The summed E-state index contributed by atoms with van der Waals surface area (Å²) in [5.74, 6) is -0.245. The van der Waals surface area contributed by atoms with E-state index in [1.54, 1.807) is 24.8 Å². The molecule has 17 heavy (non-hydrogen) atoms. The van der Waals surface area contributed by atoms with Gasteiger partial charge in [0, 0.05) is 31.7 Å². The van der Waals surface area contributed by atoms with Crippen molar-refractivity contribution in [2.75, 3.05) is 7.11 Å². The Morgan fingerprint density at radius 1 is 1.06 bits per heavy atom. The number of methoxy groups -OCH3 is 1. The molecule has 0 radical (unpaired) electrons. The number of rotatable bonds is 0. The van der Waals surface area contributed by atoms with Gasteiger partial charge in [-0.2, -0.15) is 0 Å².